The Balaban J connectivity index is 1.59. The molecule has 0 spiro atoms. The number of aryl methyl sites for hydroxylation is 1. The van der Waals surface area contributed by atoms with Gasteiger partial charge in [0.2, 0.25) is 6.23 Å². The molecule has 2 aliphatic heterocycles. The Morgan fingerprint density at radius 1 is 0.964 bits per heavy atom. The fourth-order valence-electron chi connectivity index (χ4n) is 3.84. The first-order chi connectivity index (χ1) is 13.6. The number of fused-ring (bicyclic) bond motifs is 3. The molecular formula is C23H18Cl2N2O. The second-order valence-electron chi connectivity index (χ2n) is 7.19. The third kappa shape index (κ3) is 2.95. The second-order valence-corrected chi connectivity index (χ2v) is 8.01. The van der Waals surface area contributed by atoms with Gasteiger partial charge >= 0.3 is 0 Å². The minimum absolute atomic E-state index is 0.126. The van der Waals surface area contributed by atoms with Crippen molar-refractivity contribution in [2.45, 2.75) is 25.6 Å². The van der Waals surface area contributed by atoms with Gasteiger partial charge in [-0.1, -0.05) is 77.3 Å². The zero-order chi connectivity index (χ0) is 19.3. The Kier molecular flexibility index (Phi) is 4.30. The smallest absolute Gasteiger partial charge is 0.213 e. The highest BCUT2D eigenvalue weighted by Gasteiger charge is 2.40. The third-order valence-electron chi connectivity index (χ3n) is 5.31. The van der Waals surface area contributed by atoms with Crippen molar-refractivity contribution < 1.29 is 4.74 Å². The zero-order valence-corrected chi connectivity index (χ0v) is 16.8. The van der Waals surface area contributed by atoms with Gasteiger partial charge in [0.15, 0.2) is 0 Å². The molecule has 0 unspecified atom stereocenters. The van der Waals surface area contributed by atoms with E-state index >= 15 is 0 Å². The van der Waals surface area contributed by atoms with Crippen molar-refractivity contribution in [1.29, 1.82) is 0 Å². The average Bonchev–Trinajstić information content (AvgIpc) is 3.16. The quantitative estimate of drug-likeness (QED) is 0.480. The lowest BCUT2D eigenvalue weighted by Crippen LogP contribution is -2.33. The van der Waals surface area contributed by atoms with E-state index in [2.05, 4.69) is 42.3 Å². The molecule has 28 heavy (non-hydrogen) atoms. The molecule has 0 radical (unpaired) electrons. The minimum Gasteiger partial charge on any atom is -0.464 e. The van der Waals surface area contributed by atoms with Crippen LogP contribution < -0.4 is 4.74 Å². The number of halogens is 2. The normalized spacial score (nSPS) is 20.2. The highest BCUT2D eigenvalue weighted by atomic mass is 35.5. The van der Waals surface area contributed by atoms with Crippen LogP contribution in [-0.4, -0.2) is 10.7 Å². The van der Waals surface area contributed by atoms with Crippen molar-refractivity contribution in [2.75, 3.05) is 0 Å². The topological polar surface area (TPSA) is 24.8 Å². The number of hydrazone groups is 1. The molecule has 5 heteroatoms. The van der Waals surface area contributed by atoms with Crippen molar-refractivity contribution in [3.05, 3.63) is 99.0 Å². The summed E-state index contributed by atoms with van der Waals surface area (Å²) in [6.07, 6.45) is 0.485. The second kappa shape index (κ2) is 6.84. The fraction of sp³-hybridized carbons (Fsp3) is 0.174. The standard InChI is InChI=1S/C23H18Cl2N2O/c1-14-6-8-15(9-7-14)20-13-21-17-4-2-3-5-22(17)28-23(27(21)26-20)16-10-11-18(24)19(25)12-16/h2-12,21,23H,13H2,1H3/t21-,23+/m1/s1. The summed E-state index contributed by atoms with van der Waals surface area (Å²) in [6.45, 7) is 2.09. The summed E-state index contributed by atoms with van der Waals surface area (Å²) in [6, 6.07) is 22.4. The van der Waals surface area contributed by atoms with E-state index in [9.17, 15) is 0 Å². The molecular weight excluding hydrogens is 391 g/mol. The summed E-state index contributed by atoms with van der Waals surface area (Å²) < 4.78 is 6.35. The van der Waals surface area contributed by atoms with Crippen LogP contribution in [0.2, 0.25) is 10.0 Å². The summed E-state index contributed by atoms with van der Waals surface area (Å²) in [5.74, 6) is 0.889. The summed E-state index contributed by atoms with van der Waals surface area (Å²) in [5, 5.41) is 8.07. The molecule has 0 fully saturated rings. The lowest BCUT2D eigenvalue weighted by Gasteiger charge is -2.38. The number of hydrogen-bond donors (Lipinski definition) is 0. The van der Waals surface area contributed by atoms with Gasteiger partial charge in [-0.2, -0.15) is 5.10 Å². The predicted octanol–water partition coefficient (Wildman–Crippen LogP) is 6.54. The number of ether oxygens (including phenoxy) is 1. The Labute approximate surface area is 174 Å². The van der Waals surface area contributed by atoms with Gasteiger partial charge in [0.25, 0.3) is 0 Å². The minimum atomic E-state index is -0.349. The third-order valence-corrected chi connectivity index (χ3v) is 6.05. The highest BCUT2D eigenvalue weighted by molar-refractivity contribution is 6.42. The number of hydrogen-bond acceptors (Lipinski definition) is 3. The van der Waals surface area contributed by atoms with E-state index in [-0.39, 0.29) is 12.3 Å². The van der Waals surface area contributed by atoms with Crippen LogP contribution in [-0.2, 0) is 0 Å². The van der Waals surface area contributed by atoms with E-state index in [0.29, 0.717) is 10.0 Å². The van der Waals surface area contributed by atoms with Crippen LogP contribution in [0.1, 0.15) is 40.9 Å². The summed E-state index contributed by atoms with van der Waals surface area (Å²) in [7, 11) is 0. The molecule has 0 saturated heterocycles. The predicted molar refractivity (Wildman–Crippen MR) is 113 cm³/mol. The van der Waals surface area contributed by atoms with Crippen molar-refractivity contribution in [1.82, 2.24) is 5.01 Å². The van der Waals surface area contributed by atoms with Crippen molar-refractivity contribution in [3.63, 3.8) is 0 Å². The van der Waals surface area contributed by atoms with Crippen LogP contribution in [0.25, 0.3) is 0 Å². The molecule has 0 aliphatic carbocycles. The average molecular weight is 409 g/mol. The van der Waals surface area contributed by atoms with E-state index < -0.39 is 0 Å². The molecule has 0 aromatic heterocycles. The van der Waals surface area contributed by atoms with E-state index in [1.165, 1.54) is 5.56 Å². The first-order valence-corrected chi connectivity index (χ1v) is 9.99. The van der Waals surface area contributed by atoms with Crippen LogP contribution in [0.5, 0.6) is 5.75 Å². The van der Waals surface area contributed by atoms with E-state index in [0.717, 1.165) is 34.6 Å². The number of rotatable bonds is 2. The molecule has 2 aliphatic rings. The van der Waals surface area contributed by atoms with Gasteiger partial charge in [0.1, 0.15) is 5.75 Å². The Hall–Kier alpha value is -2.49. The van der Waals surface area contributed by atoms with Crippen molar-refractivity contribution in [2.24, 2.45) is 5.10 Å². The lowest BCUT2D eigenvalue weighted by atomic mass is 9.95. The van der Waals surface area contributed by atoms with Gasteiger partial charge < -0.3 is 4.74 Å². The maximum absolute atomic E-state index is 6.35. The highest BCUT2D eigenvalue weighted by Crippen LogP contribution is 2.47. The molecule has 0 saturated carbocycles. The van der Waals surface area contributed by atoms with Gasteiger partial charge in [0.05, 0.1) is 21.8 Å². The molecule has 2 heterocycles. The maximum atomic E-state index is 6.35. The molecule has 0 amide bonds. The Bertz CT molecular complexity index is 1080. The first-order valence-electron chi connectivity index (χ1n) is 9.23. The van der Waals surface area contributed by atoms with Gasteiger partial charge in [-0.15, -0.1) is 0 Å². The molecule has 2 atom stereocenters. The van der Waals surface area contributed by atoms with Gasteiger partial charge in [-0.05, 0) is 30.7 Å². The van der Waals surface area contributed by atoms with Crippen LogP contribution in [0.15, 0.2) is 71.8 Å². The van der Waals surface area contributed by atoms with Gasteiger partial charge in [0, 0.05) is 17.5 Å². The van der Waals surface area contributed by atoms with Gasteiger partial charge in [-0.3, -0.25) is 0 Å². The van der Waals surface area contributed by atoms with Crippen LogP contribution in [0.3, 0.4) is 0 Å². The molecule has 5 rings (SSSR count). The van der Waals surface area contributed by atoms with Crippen LogP contribution >= 0.6 is 23.2 Å². The lowest BCUT2D eigenvalue weighted by molar-refractivity contribution is -0.0190. The van der Waals surface area contributed by atoms with E-state index in [4.69, 9.17) is 33.0 Å². The van der Waals surface area contributed by atoms with E-state index in [1.807, 2.05) is 30.3 Å². The van der Waals surface area contributed by atoms with Crippen LogP contribution in [0, 0.1) is 6.92 Å². The van der Waals surface area contributed by atoms with Crippen LogP contribution in [0.4, 0.5) is 0 Å². The fourth-order valence-corrected chi connectivity index (χ4v) is 4.15. The SMILES string of the molecule is Cc1ccc(C2=NN3[C@H](C2)c2ccccc2O[C@H]3c2ccc(Cl)c(Cl)c2)cc1. The molecule has 3 nitrogen and oxygen atoms in total. The molecule has 140 valence electrons. The summed E-state index contributed by atoms with van der Waals surface area (Å²) >= 11 is 12.4. The Morgan fingerprint density at radius 2 is 1.75 bits per heavy atom. The van der Waals surface area contributed by atoms with Gasteiger partial charge in [-0.25, -0.2) is 5.01 Å². The number of para-hydroxylation sites is 1. The molecule has 0 bridgehead atoms. The Morgan fingerprint density at radius 3 is 2.54 bits per heavy atom. The van der Waals surface area contributed by atoms with E-state index in [1.54, 1.807) is 6.07 Å². The zero-order valence-electron chi connectivity index (χ0n) is 15.3. The first kappa shape index (κ1) is 17.6. The van der Waals surface area contributed by atoms with Crippen molar-refractivity contribution >= 4 is 28.9 Å². The number of nitrogens with zero attached hydrogens (tertiary/aromatic N) is 2. The monoisotopic (exact) mass is 408 g/mol. The molecule has 3 aromatic rings. The summed E-state index contributed by atoms with van der Waals surface area (Å²) in [5.41, 5.74) is 5.54. The molecule has 0 N–H and O–H groups in total. The maximum Gasteiger partial charge on any atom is 0.213 e. The summed E-state index contributed by atoms with van der Waals surface area (Å²) in [4.78, 5) is 0. The largest absolute Gasteiger partial charge is 0.464 e. The van der Waals surface area contributed by atoms with Crippen molar-refractivity contribution in [3.8, 4) is 5.75 Å². The number of benzene rings is 3. The molecule has 3 aromatic carbocycles.